The molecule has 0 radical (unpaired) electrons. The summed E-state index contributed by atoms with van der Waals surface area (Å²) >= 11 is 0. The molecule has 0 aliphatic carbocycles. The lowest BCUT2D eigenvalue weighted by molar-refractivity contribution is -0.132. The fourth-order valence-corrected chi connectivity index (χ4v) is 5.15. The van der Waals surface area contributed by atoms with Crippen molar-refractivity contribution in [2.75, 3.05) is 26.2 Å². The predicted octanol–water partition coefficient (Wildman–Crippen LogP) is 2.56. The number of sulfonamides is 1. The van der Waals surface area contributed by atoms with E-state index < -0.39 is 15.8 Å². The Morgan fingerprint density at radius 2 is 1.73 bits per heavy atom. The summed E-state index contributed by atoms with van der Waals surface area (Å²) in [5, 5.41) is 0. The molecule has 1 fully saturated rings. The molecule has 30 heavy (non-hydrogen) atoms. The van der Waals surface area contributed by atoms with Gasteiger partial charge in [-0.25, -0.2) is 17.8 Å². The fraction of sp³-hybridized carbons (Fsp3) is 0.333. The fourth-order valence-electron chi connectivity index (χ4n) is 3.66. The number of piperazine rings is 1. The average molecular weight is 431 g/mol. The maximum Gasteiger partial charge on any atom is 0.246 e. The number of amides is 1. The van der Waals surface area contributed by atoms with E-state index in [1.165, 1.54) is 22.5 Å². The zero-order valence-corrected chi connectivity index (χ0v) is 17.2. The standard InChI is InChI=1S/C21H23FN4O3S/c22-16-6-1-4-9-19(16)30(28,29)26-14-12-25(13-15-26)21(27)11-5-10-20-23-17-7-2-3-8-18(17)24-20/h1-4,6-9H,5,10-15H2,(H,23,24). The van der Waals surface area contributed by atoms with E-state index in [2.05, 4.69) is 9.97 Å². The highest BCUT2D eigenvalue weighted by molar-refractivity contribution is 7.89. The van der Waals surface area contributed by atoms with E-state index in [1.807, 2.05) is 24.3 Å². The Labute approximate surface area is 174 Å². The lowest BCUT2D eigenvalue weighted by atomic mass is 10.2. The number of halogens is 1. The molecular weight excluding hydrogens is 407 g/mol. The Morgan fingerprint density at radius 1 is 1.03 bits per heavy atom. The molecular formula is C21H23FN4O3S. The van der Waals surface area contributed by atoms with Gasteiger partial charge in [0.05, 0.1) is 11.0 Å². The lowest BCUT2D eigenvalue weighted by Gasteiger charge is -2.34. The molecule has 9 heteroatoms. The van der Waals surface area contributed by atoms with Crippen LogP contribution in [0.1, 0.15) is 18.7 Å². The number of hydrogen-bond donors (Lipinski definition) is 1. The molecule has 0 saturated carbocycles. The third-order valence-corrected chi connectivity index (χ3v) is 7.22. The first-order valence-electron chi connectivity index (χ1n) is 9.91. The van der Waals surface area contributed by atoms with Gasteiger partial charge in [-0.2, -0.15) is 4.31 Å². The number of para-hydroxylation sites is 2. The predicted molar refractivity (Wildman–Crippen MR) is 111 cm³/mol. The van der Waals surface area contributed by atoms with Crippen LogP contribution in [0.2, 0.25) is 0 Å². The summed E-state index contributed by atoms with van der Waals surface area (Å²) in [4.78, 5) is 21.6. The second-order valence-electron chi connectivity index (χ2n) is 7.27. The highest BCUT2D eigenvalue weighted by atomic mass is 32.2. The van der Waals surface area contributed by atoms with E-state index in [-0.39, 0.29) is 23.9 Å². The van der Waals surface area contributed by atoms with Crippen LogP contribution in [0.4, 0.5) is 4.39 Å². The molecule has 158 valence electrons. The number of H-pyrrole nitrogens is 1. The first kappa shape index (κ1) is 20.5. The summed E-state index contributed by atoms with van der Waals surface area (Å²) in [6.07, 6.45) is 1.70. The number of aryl methyl sites for hydroxylation is 1. The number of imidazole rings is 1. The SMILES string of the molecule is O=C(CCCc1nc2ccccc2[nH]1)N1CCN(S(=O)(=O)c2ccccc2F)CC1. The first-order chi connectivity index (χ1) is 14.4. The van der Waals surface area contributed by atoms with Gasteiger partial charge in [0.15, 0.2) is 0 Å². The van der Waals surface area contributed by atoms with Crippen LogP contribution in [0.15, 0.2) is 53.4 Å². The molecule has 3 aromatic rings. The second-order valence-corrected chi connectivity index (χ2v) is 9.18. The molecule has 1 saturated heterocycles. The molecule has 1 aromatic heterocycles. The van der Waals surface area contributed by atoms with Crippen molar-refractivity contribution in [2.24, 2.45) is 0 Å². The monoisotopic (exact) mass is 430 g/mol. The molecule has 1 amide bonds. The number of fused-ring (bicyclic) bond motifs is 1. The van der Waals surface area contributed by atoms with Crippen LogP contribution in [0.25, 0.3) is 11.0 Å². The van der Waals surface area contributed by atoms with Crippen LogP contribution in [0.5, 0.6) is 0 Å². The summed E-state index contributed by atoms with van der Waals surface area (Å²) < 4.78 is 40.5. The molecule has 2 heterocycles. The van der Waals surface area contributed by atoms with Crippen LogP contribution >= 0.6 is 0 Å². The summed E-state index contributed by atoms with van der Waals surface area (Å²) in [5.74, 6) is 0.0837. The van der Waals surface area contributed by atoms with Gasteiger partial charge in [0.2, 0.25) is 15.9 Å². The van der Waals surface area contributed by atoms with Gasteiger partial charge < -0.3 is 9.88 Å². The molecule has 1 aliphatic heterocycles. The van der Waals surface area contributed by atoms with E-state index >= 15 is 0 Å². The number of aromatic amines is 1. The van der Waals surface area contributed by atoms with Crippen molar-refractivity contribution in [2.45, 2.75) is 24.2 Å². The molecule has 1 N–H and O–H groups in total. The zero-order chi connectivity index (χ0) is 21.1. The minimum atomic E-state index is -3.90. The third-order valence-electron chi connectivity index (χ3n) is 5.29. The maximum atomic E-state index is 13.9. The van der Waals surface area contributed by atoms with Gasteiger partial charge in [0.1, 0.15) is 16.5 Å². The van der Waals surface area contributed by atoms with Crippen LogP contribution in [-0.4, -0.2) is 59.7 Å². The Morgan fingerprint density at radius 3 is 2.47 bits per heavy atom. The van der Waals surface area contributed by atoms with Crippen molar-refractivity contribution < 1.29 is 17.6 Å². The highest BCUT2D eigenvalue weighted by Crippen LogP contribution is 2.21. The third kappa shape index (κ3) is 4.22. The molecule has 7 nitrogen and oxygen atoms in total. The Kier molecular flexibility index (Phi) is 5.83. The lowest BCUT2D eigenvalue weighted by Crippen LogP contribution is -2.50. The quantitative estimate of drug-likeness (QED) is 0.651. The Bertz CT molecular complexity index is 1120. The summed E-state index contributed by atoms with van der Waals surface area (Å²) in [5.41, 5.74) is 1.89. The van der Waals surface area contributed by atoms with Gasteiger partial charge in [-0.15, -0.1) is 0 Å². The van der Waals surface area contributed by atoms with Gasteiger partial charge in [-0.3, -0.25) is 4.79 Å². The molecule has 0 spiro atoms. The largest absolute Gasteiger partial charge is 0.342 e. The number of carbonyl (C=O) groups is 1. The first-order valence-corrected chi connectivity index (χ1v) is 11.4. The summed E-state index contributed by atoms with van der Waals surface area (Å²) in [6, 6.07) is 13.1. The maximum absolute atomic E-state index is 13.9. The molecule has 0 unspecified atom stereocenters. The minimum Gasteiger partial charge on any atom is -0.342 e. The normalized spacial score (nSPS) is 15.6. The average Bonchev–Trinajstić information content (AvgIpc) is 3.17. The van der Waals surface area contributed by atoms with Crippen molar-refractivity contribution in [1.29, 1.82) is 0 Å². The zero-order valence-electron chi connectivity index (χ0n) is 16.4. The second kappa shape index (κ2) is 8.53. The summed E-state index contributed by atoms with van der Waals surface area (Å²) in [6.45, 7) is 0.923. The van der Waals surface area contributed by atoms with E-state index in [0.717, 1.165) is 22.9 Å². The van der Waals surface area contributed by atoms with Crippen LogP contribution in [0, 0.1) is 5.82 Å². The van der Waals surface area contributed by atoms with E-state index in [0.29, 0.717) is 32.4 Å². The molecule has 0 bridgehead atoms. The number of benzene rings is 2. The molecule has 1 aliphatic rings. The Hall–Kier alpha value is -2.78. The minimum absolute atomic E-state index is 0.00551. The van der Waals surface area contributed by atoms with Crippen LogP contribution < -0.4 is 0 Å². The highest BCUT2D eigenvalue weighted by Gasteiger charge is 2.31. The molecule has 2 aromatic carbocycles. The number of rotatable bonds is 6. The van der Waals surface area contributed by atoms with Crippen LogP contribution in [0.3, 0.4) is 0 Å². The topological polar surface area (TPSA) is 86.4 Å². The number of hydrogen-bond acceptors (Lipinski definition) is 4. The number of nitrogens with zero attached hydrogens (tertiary/aromatic N) is 3. The van der Waals surface area contributed by atoms with E-state index in [9.17, 15) is 17.6 Å². The molecule has 0 atom stereocenters. The van der Waals surface area contributed by atoms with Crippen molar-refractivity contribution in [3.8, 4) is 0 Å². The van der Waals surface area contributed by atoms with Crippen molar-refractivity contribution in [1.82, 2.24) is 19.2 Å². The van der Waals surface area contributed by atoms with Gasteiger partial charge in [0, 0.05) is 39.0 Å². The summed E-state index contributed by atoms with van der Waals surface area (Å²) in [7, 11) is -3.90. The van der Waals surface area contributed by atoms with E-state index in [4.69, 9.17) is 0 Å². The van der Waals surface area contributed by atoms with Crippen molar-refractivity contribution >= 4 is 27.0 Å². The van der Waals surface area contributed by atoms with Crippen molar-refractivity contribution in [3.63, 3.8) is 0 Å². The number of nitrogens with one attached hydrogen (secondary N) is 1. The van der Waals surface area contributed by atoms with Crippen molar-refractivity contribution in [3.05, 3.63) is 60.2 Å². The van der Waals surface area contributed by atoms with Gasteiger partial charge >= 0.3 is 0 Å². The Balaban J connectivity index is 1.28. The van der Waals surface area contributed by atoms with Gasteiger partial charge in [-0.1, -0.05) is 24.3 Å². The number of aromatic nitrogens is 2. The van der Waals surface area contributed by atoms with Gasteiger partial charge in [-0.05, 0) is 30.7 Å². The smallest absolute Gasteiger partial charge is 0.246 e. The van der Waals surface area contributed by atoms with E-state index in [1.54, 1.807) is 4.90 Å². The molecule has 4 rings (SSSR count). The van der Waals surface area contributed by atoms with Crippen LogP contribution in [-0.2, 0) is 21.2 Å². The van der Waals surface area contributed by atoms with Gasteiger partial charge in [0.25, 0.3) is 0 Å². The number of carbonyl (C=O) groups excluding carboxylic acids is 1.